The zero-order valence-electron chi connectivity index (χ0n) is 13.1. The number of amides is 1. The first-order valence-electron chi connectivity index (χ1n) is 7.15. The number of rotatable bonds is 5. The van der Waals surface area contributed by atoms with Crippen molar-refractivity contribution in [2.45, 2.75) is 20.3 Å². The van der Waals surface area contributed by atoms with Crippen LogP contribution in [0.5, 0.6) is 0 Å². The summed E-state index contributed by atoms with van der Waals surface area (Å²) in [7, 11) is 0. The highest BCUT2D eigenvalue weighted by atomic mass is 35.5. The lowest BCUT2D eigenvalue weighted by molar-refractivity contribution is 0.150. The fourth-order valence-corrected chi connectivity index (χ4v) is 2.54. The molecule has 0 saturated carbocycles. The van der Waals surface area contributed by atoms with E-state index >= 15 is 0 Å². The van der Waals surface area contributed by atoms with Gasteiger partial charge in [-0.25, -0.2) is 4.79 Å². The molecule has 0 unspecified atom stereocenters. The van der Waals surface area contributed by atoms with Gasteiger partial charge in [-0.2, -0.15) is 0 Å². The minimum atomic E-state index is -0.703. The number of nitrogens with two attached hydrogens (primary N) is 1. The molecule has 128 valence electrons. The molecule has 1 heterocycles. The van der Waals surface area contributed by atoms with Crippen molar-refractivity contribution in [3.63, 3.8) is 0 Å². The van der Waals surface area contributed by atoms with Crippen LogP contribution < -0.4 is 11.1 Å². The number of hydrogen-bond acceptors (Lipinski definition) is 5. The molecule has 9 heteroatoms. The topological polar surface area (TPSA) is 103 Å². The van der Waals surface area contributed by atoms with Gasteiger partial charge in [-0.3, -0.25) is 4.84 Å². The Hall–Kier alpha value is -2.25. The van der Waals surface area contributed by atoms with Gasteiger partial charge in [0.05, 0.1) is 15.6 Å². The molecule has 1 aromatic heterocycles. The van der Waals surface area contributed by atoms with Crippen LogP contribution in [-0.2, 0) is 4.84 Å². The van der Waals surface area contributed by atoms with Crippen LogP contribution >= 0.6 is 23.2 Å². The van der Waals surface area contributed by atoms with Crippen LogP contribution in [-0.4, -0.2) is 23.6 Å². The third kappa shape index (κ3) is 3.98. The van der Waals surface area contributed by atoms with E-state index in [0.717, 1.165) is 6.42 Å². The molecular formula is C15H16Cl2N4O3. The van der Waals surface area contributed by atoms with E-state index in [9.17, 15) is 4.79 Å². The Morgan fingerprint density at radius 2 is 2.08 bits per heavy atom. The van der Waals surface area contributed by atoms with Crippen molar-refractivity contribution in [3.8, 4) is 11.3 Å². The number of carbonyl (C=O) groups excluding carboxylic acids is 1. The molecule has 2 aromatic rings. The van der Waals surface area contributed by atoms with Crippen LogP contribution in [0.25, 0.3) is 11.3 Å². The minimum absolute atomic E-state index is 0.0774. The maximum atomic E-state index is 11.4. The molecule has 1 amide bonds. The first-order valence-corrected chi connectivity index (χ1v) is 7.90. The molecule has 0 spiro atoms. The summed E-state index contributed by atoms with van der Waals surface area (Å²) in [5, 5.41) is 10.8. The first-order chi connectivity index (χ1) is 11.5. The second-order valence-corrected chi connectivity index (χ2v) is 5.66. The van der Waals surface area contributed by atoms with Gasteiger partial charge in [0, 0.05) is 12.1 Å². The Kier molecular flexibility index (Phi) is 6.05. The smallest absolute Gasteiger partial charge is 0.380 e. The van der Waals surface area contributed by atoms with Gasteiger partial charge in [-0.15, -0.1) is 0 Å². The largest absolute Gasteiger partial charge is 0.433 e. The molecule has 3 N–H and O–H groups in total. The first kappa shape index (κ1) is 18.1. The molecule has 0 aliphatic rings. The fraction of sp³-hybridized carbons (Fsp3) is 0.267. The average molecular weight is 371 g/mol. The number of hydrogen-bond donors (Lipinski definition) is 2. The van der Waals surface area contributed by atoms with Gasteiger partial charge >= 0.3 is 6.09 Å². The van der Waals surface area contributed by atoms with Crippen molar-refractivity contribution in [1.82, 2.24) is 10.5 Å². The molecule has 1 aromatic carbocycles. The normalized spacial score (nSPS) is 11.4. The Balaban J connectivity index is 2.35. The van der Waals surface area contributed by atoms with Crippen molar-refractivity contribution in [2.24, 2.45) is 10.9 Å². The van der Waals surface area contributed by atoms with Gasteiger partial charge in [-0.05, 0) is 25.5 Å². The highest BCUT2D eigenvalue weighted by Crippen LogP contribution is 2.36. The van der Waals surface area contributed by atoms with Crippen molar-refractivity contribution in [2.75, 3.05) is 6.54 Å². The number of nitrogens with zero attached hydrogens (tertiary/aromatic N) is 2. The summed E-state index contributed by atoms with van der Waals surface area (Å²) in [4.78, 5) is 16.2. The van der Waals surface area contributed by atoms with Crippen molar-refractivity contribution in [1.29, 1.82) is 0 Å². The van der Waals surface area contributed by atoms with E-state index in [1.807, 2.05) is 6.92 Å². The average Bonchev–Trinajstić information content (AvgIpc) is 2.92. The predicted octanol–water partition coefficient (Wildman–Crippen LogP) is 3.71. The van der Waals surface area contributed by atoms with Crippen LogP contribution in [0.1, 0.15) is 24.7 Å². The van der Waals surface area contributed by atoms with E-state index in [1.54, 1.807) is 25.1 Å². The van der Waals surface area contributed by atoms with Crippen LogP contribution in [0.3, 0.4) is 0 Å². The molecule has 0 bridgehead atoms. The van der Waals surface area contributed by atoms with Crippen molar-refractivity contribution in [3.05, 3.63) is 39.6 Å². The fourth-order valence-electron chi connectivity index (χ4n) is 1.96. The molecule has 2 rings (SSSR count). The van der Waals surface area contributed by atoms with Gasteiger partial charge in [0.2, 0.25) is 0 Å². The lowest BCUT2D eigenvalue weighted by atomic mass is 10.1. The van der Waals surface area contributed by atoms with Crippen molar-refractivity contribution < 1.29 is 14.2 Å². The second kappa shape index (κ2) is 8.03. The molecule has 24 heavy (non-hydrogen) atoms. The van der Waals surface area contributed by atoms with Crippen LogP contribution in [0.15, 0.2) is 27.9 Å². The summed E-state index contributed by atoms with van der Waals surface area (Å²) >= 11 is 12.4. The Morgan fingerprint density at radius 1 is 1.42 bits per heavy atom. The second-order valence-electron chi connectivity index (χ2n) is 4.84. The zero-order valence-corrected chi connectivity index (χ0v) is 14.6. The number of carbonyl (C=O) groups is 1. The number of oxime groups is 1. The van der Waals surface area contributed by atoms with E-state index in [1.165, 1.54) is 0 Å². The highest BCUT2D eigenvalue weighted by molar-refractivity contribution is 6.39. The number of nitrogens with one attached hydrogen (secondary N) is 1. The van der Waals surface area contributed by atoms with Crippen LogP contribution in [0.4, 0.5) is 4.79 Å². The maximum absolute atomic E-state index is 11.4. The summed E-state index contributed by atoms with van der Waals surface area (Å²) < 4.78 is 5.17. The van der Waals surface area contributed by atoms with Gasteiger partial charge in [0.1, 0.15) is 11.5 Å². The number of benzene rings is 1. The highest BCUT2D eigenvalue weighted by Gasteiger charge is 2.22. The molecule has 0 atom stereocenters. The number of halogens is 2. The SMILES string of the molecule is CCCNC(=O)ON=C(N)c1c(-c2c(Cl)cccc2Cl)noc1C. The van der Waals surface area contributed by atoms with Gasteiger partial charge in [0.25, 0.3) is 0 Å². The third-order valence-electron chi connectivity index (χ3n) is 3.06. The lowest BCUT2D eigenvalue weighted by Crippen LogP contribution is -2.25. The van der Waals surface area contributed by atoms with Gasteiger partial charge in [0.15, 0.2) is 5.84 Å². The molecule has 0 aliphatic carbocycles. The van der Waals surface area contributed by atoms with E-state index in [4.69, 9.17) is 38.3 Å². The van der Waals surface area contributed by atoms with E-state index < -0.39 is 6.09 Å². The summed E-state index contributed by atoms with van der Waals surface area (Å²) in [6.07, 6.45) is 0.0695. The van der Waals surface area contributed by atoms with Gasteiger partial charge < -0.3 is 15.6 Å². The quantitative estimate of drug-likeness (QED) is 0.361. The Morgan fingerprint density at radius 3 is 2.71 bits per heavy atom. The summed E-state index contributed by atoms with van der Waals surface area (Å²) in [5.41, 5.74) is 7.05. The molecule has 0 fully saturated rings. The third-order valence-corrected chi connectivity index (χ3v) is 3.69. The van der Waals surface area contributed by atoms with Crippen molar-refractivity contribution >= 4 is 35.1 Å². The number of amidine groups is 1. The monoisotopic (exact) mass is 370 g/mol. The minimum Gasteiger partial charge on any atom is -0.380 e. The molecular weight excluding hydrogens is 355 g/mol. The molecule has 0 radical (unpaired) electrons. The zero-order chi connectivity index (χ0) is 17.7. The number of aromatic nitrogens is 1. The Bertz CT molecular complexity index is 754. The maximum Gasteiger partial charge on any atom is 0.433 e. The summed E-state index contributed by atoms with van der Waals surface area (Å²) in [5.74, 6) is 0.311. The molecule has 0 saturated heterocycles. The number of aryl methyl sites for hydroxylation is 1. The Labute approximate surface area is 148 Å². The van der Waals surface area contributed by atoms with E-state index in [2.05, 4.69) is 15.6 Å². The van der Waals surface area contributed by atoms with E-state index in [-0.39, 0.29) is 5.84 Å². The van der Waals surface area contributed by atoms with E-state index in [0.29, 0.717) is 39.2 Å². The standard InChI is InChI=1S/C15H16Cl2N4O3/c1-3-7-19-15(22)24-21-14(18)11-8(2)23-20-13(11)12-9(16)5-4-6-10(12)17/h4-6H,3,7H2,1-2H3,(H2,18,21)(H,19,22). The van der Waals surface area contributed by atoms with Crippen LogP contribution in [0, 0.1) is 6.92 Å². The molecule has 0 aliphatic heterocycles. The van der Waals surface area contributed by atoms with Gasteiger partial charge in [-0.1, -0.05) is 46.5 Å². The van der Waals surface area contributed by atoms with Crippen LogP contribution in [0.2, 0.25) is 10.0 Å². The molecule has 7 nitrogen and oxygen atoms in total. The summed E-state index contributed by atoms with van der Waals surface area (Å²) in [6.45, 7) is 4.04. The summed E-state index contributed by atoms with van der Waals surface area (Å²) in [6, 6.07) is 5.04. The lowest BCUT2D eigenvalue weighted by Gasteiger charge is -2.06. The predicted molar refractivity (Wildman–Crippen MR) is 92.2 cm³/mol.